The molecule has 1 unspecified atom stereocenters. The minimum absolute atomic E-state index is 0.238. The van der Waals surface area contributed by atoms with E-state index in [0.29, 0.717) is 25.0 Å². The molecule has 0 aliphatic heterocycles. The first-order valence-corrected chi connectivity index (χ1v) is 6.67. The zero-order chi connectivity index (χ0) is 15.1. The van der Waals surface area contributed by atoms with Crippen LogP contribution in [0.2, 0.25) is 0 Å². The Labute approximate surface area is 118 Å². The van der Waals surface area contributed by atoms with E-state index >= 15 is 0 Å². The third-order valence-electron chi connectivity index (χ3n) is 3.04. The van der Waals surface area contributed by atoms with E-state index in [-0.39, 0.29) is 12.4 Å². The van der Waals surface area contributed by atoms with Crippen molar-refractivity contribution in [1.82, 2.24) is 0 Å². The maximum Gasteiger partial charge on any atom is 0.337 e. The van der Waals surface area contributed by atoms with Gasteiger partial charge < -0.3 is 14.9 Å². The van der Waals surface area contributed by atoms with Crippen molar-refractivity contribution in [3.63, 3.8) is 0 Å². The Morgan fingerprint density at radius 3 is 2.55 bits per heavy atom. The molecule has 20 heavy (non-hydrogen) atoms. The Morgan fingerprint density at radius 1 is 1.30 bits per heavy atom. The van der Waals surface area contributed by atoms with Gasteiger partial charge in [-0.2, -0.15) is 0 Å². The highest BCUT2D eigenvalue weighted by Crippen LogP contribution is 2.21. The van der Waals surface area contributed by atoms with Gasteiger partial charge >= 0.3 is 11.9 Å². The number of ether oxygens (including phenoxy) is 1. The van der Waals surface area contributed by atoms with E-state index in [9.17, 15) is 14.7 Å². The Morgan fingerprint density at radius 2 is 2.00 bits per heavy atom. The minimum atomic E-state index is -1.53. The first kappa shape index (κ1) is 16.2. The van der Waals surface area contributed by atoms with Gasteiger partial charge in [-0.15, -0.1) is 0 Å². The number of carboxylic acids is 1. The molecule has 0 aliphatic carbocycles. The summed E-state index contributed by atoms with van der Waals surface area (Å²) in [5.74, 6) is -1.56. The van der Waals surface area contributed by atoms with Crippen LogP contribution in [0.3, 0.4) is 0 Å². The zero-order valence-corrected chi connectivity index (χ0v) is 11.8. The van der Waals surface area contributed by atoms with Gasteiger partial charge in [-0.3, -0.25) is 4.79 Å². The summed E-state index contributed by atoms with van der Waals surface area (Å²) in [6.45, 7) is 3.98. The van der Waals surface area contributed by atoms with E-state index in [0.717, 1.165) is 11.1 Å². The van der Waals surface area contributed by atoms with Gasteiger partial charge in [-0.05, 0) is 36.5 Å². The number of carboxylic acid groups (broad SMARTS) is 1. The lowest BCUT2D eigenvalue weighted by Gasteiger charge is -2.13. The molecule has 2 N–H and O–H groups in total. The molecule has 0 heterocycles. The van der Waals surface area contributed by atoms with Crippen molar-refractivity contribution in [2.24, 2.45) is 0 Å². The Balaban J connectivity index is 2.87. The molecule has 5 heteroatoms. The second-order valence-electron chi connectivity index (χ2n) is 4.43. The van der Waals surface area contributed by atoms with Crippen LogP contribution in [0.1, 0.15) is 43.1 Å². The molecular weight excluding hydrogens is 260 g/mol. The van der Waals surface area contributed by atoms with Crippen LogP contribution in [-0.4, -0.2) is 28.8 Å². The summed E-state index contributed by atoms with van der Waals surface area (Å²) in [6.07, 6.45) is -0.199. The molecule has 0 radical (unpaired) electrons. The molecule has 1 rings (SSSR count). The third-order valence-corrected chi connectivity index (χ3v) is 3.04. The number of hydrogen-bond acceptors (Lipinski definition) is 4. The lowest BCUT2D eigenvalue weighted by atomic mass is 9.96. The van der Waals surface area contributed by atoms with E-state index < -0.39 is 12.1 Å². The molecule has 1 aromatic rings. The second kappa shape index (κ2) is 7.65. The standard InChI is InChI=1S/C15H20O5/c1-3-11-7-5-10(6-8-13(16)20-4-2)9-12(11)14(17)15(18)19/h5,7,9,14,17H,3-4,6,8H2,1-2H3,(H,18,19). The van der Waals surface area contributed by atoms with Crippen LogP contribution in [0.4, 0.5) is 0 Å². The van der Waals surface area contributed by atoms with Crippen LogP contribution in [0.5, 0.6) is 0 Å². The average Bonchev–Trinajstić information content (AvgIpc) is 2.44. The lowest BCUT2D eigenvalue weighted by molar-refractivity contribution is -0.147. The molecule has 0 aliphatic rings. The number of aliphatic carboxylic acids is 1. The van der Waals surface area contributed by atoms with Gasteiger partial charge in [0.25, 0.3) is 0 Å². The average molecular weight is 280 g/mol. The van der Waals surface area contributed by atoms with Crippen LogP contribution < -0.4 is 0 Å². The molecule has 0 saturated carbocycles. The number of rotatable bonds is 7. The fraction of sp³-hybridized carbons (Fsp3) is 0.467. The normalized spacial score (nSPS) is 11.9. The van der Waals surface area contributed by atoms with Crippen molar-refractivity contribution in [2.45, 2.75) is 39.2 Å². The predicted molar refractivity (Wildman–Crippen MR) is 73.4 cm³/mol. The summed E-state index contributed by atoms with van der Waals surface area (Å²) in [6, 6.07) is 5.29. The highest BCUT2D eigenvalue weighted by molar-refractivity contribution is 5.74. The van der Waals surface area contributed by atoms with Crippen molar-refractivity contribution in [2.75, 3.05) is 6.61 Å². The first-order chi connectivity index (χ1) is 9.49. The van der Waals surface area contributed by atoms with Crippen LogP contribution >= 0.6 is 0 Å². The number of hydrogen-bond donors (Lipinski definition) is 2. The maximum absolute atomic E-state index is 11.3. The highest BCUT2D eigenvalue weighted by atomic mass is 16.5. The van der Waals surface area contributed by atoms with Gasteiger partial charge in [0.1, 0.15) is 0 Å². The summed E-state index contributed by atoms with van der Waals surface area (Å²) in [5.41, 5.74) is 1.99. The number of carbonyl (C=O) groups excluding carboxylic acids is 1. The largest absolute Gasteiger partial charge is 0.479 e. The molecular formula is C15H20O5. The molecule has 0 saturated heterocycles. The van der Waals surface area contributed by atoms with Crippen molar-refractivity contribution in [3.8, 4) is 0 Å². The fourth-order valence-corrected chi connectivity index (χ4v) is 1.99. The topological polar surface area (TPSA) is 83.8 Å². The quantitative estimate of drug-likeness (QED) is 0.745. The minimum Gasteiger partial charge on any atom is -0.479 e. The van der Waals surface area contributed by atoms with E-state index in [2.05, 4.69) is 0 Å². The van der Waals surface area contributed by atoms with Crippen LogP contribution in [0.25, 0.3) is 0 Å². The van der Waals surface area contributed by atoms with Crippen molar-refractivity contribution >= 4 is 11.9 Å². The summed E-state index contributed by atoms with van der Waals surface area (Å²) in [7, 11) is 0. The van der Waals surface area contributed by atoms with Gasteiger partial charge in [-0.25, -0.2) is 4.79 Å². The number of benzene rings is 1. The summed E-state index contributed by atoms with van der Waals surface area (Å²) >= 11 is 0. The lowest BCUT2D eigenvalue weighted by Crippen LogP contribution is -2.13. The number of aryl methyl sites for hydroxylation is 2. The Kier molecular flexibility index (Phi) is 6.18. The molecule has 110 valence electrons. The van der Waals surface area contributed by atoms with Crippen LogP contribution in [0, 0.1) is 0 Å². The number of aliphatic hydroxyl groups is 1. The van der Waals surface area contributed by atoms with Crippen molar-refractivity contribution in [1.29, 1.82) is 0 Å². The summed E-state index contributed by atoms with van der Waals surface area (Å²) in [4.78, 5) is 22.2. The summed E-state index contributed by atoms with van der Waals surface area (Å²) in [5, 5.41) is 18.6. The molecule has 1 aromatic carbocycles. The van der Waals surface area contributed by atoms with Gasteiger partial charge in [0, 0.05) is 6.42 Å². The third kappa shape index (κ3) is 4.35. The number of aliphatic hydroxyl groups excluding tert-OH is 1. The van der Waals surface area contributed by atoms with Crippen molar-refractivity contribution < 1.29 is 24.5 Å². The number of esters is 1. The fourth-order valence-electron chi connectivity index (χ4n) is 1.99. The second-order valence-corrected chi connectivity index (χ2v) is 4.43. The molecule has 0 bridgehead atoms. The number of carbonyl (C=O) groups is 2. The zero-order valence-electron chi connectivity index (χ0n) is 11.8. The smallest absolute Gasteiger partial charge is 0.337 e. The molecule has 0 fully saturated rings. The highest BCUT2D eigenvalue weighted by Gasteiger charge is 2.19. The van der Waals surface area contributed by atoms with E-state index in [4.69, 9.17) is 9.84 Å². The predicted octanol–water partition coefficient (Wildman–Crippen LogP) is 1.86. The Hall–Kier alpha value is -1.88. The monoisotopic (exact) mass is 280 g/mol. The maximum atomic E-state index is 11.3. The van der Waals surface area contributed by atoms with Gasteiger partial charge in [0.2, 0.25) is 0 Å². The first-order valence-electron chi connectivity index (χ1n) is 6.67. The van der Waals surface area contributed by atoms with Gasteiger partial charge in [0.05, 0.1) is 6.61 Å². The molecule has 5 nitrogen and oxygen atoms in total. The van der Waals surface area contributed by atoms with Crippen LogP contribution in [-0.2, 0) is 27.2 Å². The van der Waals surface area contributed by atoms with Crippen LogP contribution in [0.15, 0.2) is 18.2 Å². The van der Waals surface area contributed by atoms with Gasteiger partial charge in [0.15, 0.2) is 6.10 Å². The van der Waals surface area contributed by atoms with E-state index in [1.165, 1.54) is 0 Å². The van der Waals surface area contributed by atoms with E-state index in [1.807, 2.05) is 13.0 Å². The Bertz CT molecular complexity index is 481. The molecule has 1 atom stereocenters. The molecule has 0 spiro atoms. The molecule has 0 aromatic heterocycles. The molecule has 0 amide bonds. The SMILES string of the molecule is CCOC(=O)CCc1ccc(CC)c(C(O)C(=O)O)c1. The summed E-state index contributed by atoms with van der Waals surface area (Å²) < 4.78 is 4.84. The van der Waals surface area contributed by atoms with E-state index in [1.54, 1.807) is 19.1 Å². The van der Waals surface area contributed by atoms with Crippen molar-refractivity contribution in [3.05, 3.63) is 34.9 Å². The van der Waals surface area contributed by atoms with Gasteiger partial charge in [-0.1, -0.05) is 25.1 Å².